The smallest absolute Gasteiger partial charge is 0.270 e. The number of amides is 1. The maximum Gasteiger partial charge on any atom is 0.270 e. The number of ether oxygens (including phenoxy) is 1. The van der Waals surface area contributed by atoms with Gasteiger partial charge in [0.1, 0.15) is 12.3 Å². The molecule has 122 valence electrons. The summed E-state index contributed by atoms with van der Waals surface area (Å²) in [5.41, 5.74) is 0.461. The van der Waals surface area contributed by atoms with Crippen LogP contribution in [0.2, 0.25) is 0 Å². The molecule has 0 atom stereocenters. The van der Waals surface area contributed by atoms with Gasteiger partial charge in [-0.05, 0) is 25.0 Å². The molecular formula is C15H19N5O2S. The highest BCUT2D eigenvalue weighted by Gasteiger charge is 2.23. The van der Waals surface area contributed by atoms with Gasteiger partial charge in [0.25, 0.3) is 5.91 Å². The zero-order chi connectivity index (χ0) is 16.1. The molecule has 0 unspecified atom stereocenters. The number of hydrogen-bond donors (Lipinski definition) is 1. The van der Waals surface area contributed by atoms with E-state index in [4.69, 9.17) is 4.74 Å². The fourth-order valence-electron chi connectivity index (χ4n) is 2.53. The zero-order valence-electron chi connectivity index (χ0n) is 12.9. The molecule has 7 nitrogen and oxygen atoms in total. The molecule has 0 saturated carbocycles. The lowest BCUT2D eigenvalue weighted by molar-refractivity contribution is 0.0926. The standard InChI is InChI=1S/C15H19N5O2S/c1-22-10-13-18-15(23-19-13)20-8-5-11(6-9-20)17-14(21)12-4-2-3-7-16-12/h2-4,7,11H,5-6,8-10H2,1H3,(H,17,21). The van der Waals surface area contributed by atoms with Gasteiger partial charge in [-0.15, -0.1) is 0 Å². The fraction of sp³-hybridized carbons (Fsp3) is 0.467. The molecule has 3 heterocycles. The van der Waals surface area contributed by atoms with Crippen molar-refractivity contribution in [2.24, 2.45) is 0 Å². The minimum absolute atomic E-state index is 0.109. The Morgan fingerprint density at radius 2 is 2.26 bits per heavy atom. The number of aromatic nitrogens is 3. The summed E-state index contributed by atoms with van der Waals surface area (Å²) < 4.78 is 9.32. The maximum absolute atomic E-state index is 12.1. The minimum atomic E-state index is -0.109. The Hall–Kier alpha value is -2.06. The third-order valence-corrected chi connectivity index (χ3v) is 4.54. The summed E-state index contributed by atoms with van der Waals surface area (Å²) in [6.07, 6.45) is 3.40. The molecule has 1 fully saturated rings. The first kappa shape index (κ1) is 15.8. The fourth-order valence-corrected chi connectivity index (χ4v) is 3.26. The number of pyridine rings is 1. The van der Waals surface area contributed by atoms with Gasteiger partial charge in [0.05, 0.1) is 0 Å². The van der Waals surface area contributed by atoms with Gasteiger partial charge in [-0.1, -0.05) is 6.07 Å². The van der Waals surface area contributed by atoms with E-state index in [1.165, 1.54) is 11.5 Å². The van der Waals surface area contributed by atoms with Crippen molar-refractivity contribution in [2.75, 3.05) is 25.1 Å². The first-order valence-corrected chi connectivity index (χ1v) is 8.32. The van der Waals surface area contributed by atoms with Crippen LogP contribution in [0.1, 0.15) is 29.2 Å². The molecular weight excluding hydrogens is 314 g/mol. The van der Waals surface area contributed by atoms with Gasteiger partial charge in [-0.3, -0.25) is 9.78 Å². The molecule has 1 N–H and O–H groups in total. The highest BCUT2D eigenvalue weighted by molar-refractivity contribution is 7.09. The van der Waals surface area contributed by atoms with Crippen molar-refractivity contribution in [2.45, 2.75) is 25.5 Å². The van der Waals surface area contributed by atoms with Gasteiger partial charge in [0.2, 0.25) is 5.13 Å². The van der Waals surface area contributed by atoms with Crippen LogP contribution in [0.5, 0.6) is 0 Å². The summed E-state index contributed by atoms with van der Waals surface area (Å²) in [6, 6.07) is 5.52. The molecule has 0 aliphatic carbocycles. The summed E-state index contributed by atoms with van der Waals surface area (Å²) in [5, 5.41) is 3.97. The first-order valence-electron chi connectivity index (χ1n) is 7.54. The van der Waals surface area contributed by atoms with E-state index in [9.17, 15) is 4.79 Å². The molecule has 0 aromatic carbocycles. The van der Waals surface area contributed by atoms with Gasteiger partial charge in [-0.2, -0.15) is 4.37 Å². The summed E-state index contributed by atoms with van der Waals surface area (Å²) in [5.74, 6) is 0.612. The lowest BCUT2D eigenvalue weighted by atomic mass is 10.1. The average Bonchev–Trinajstić information content (AvgIpc) is 3.05. The van der Waals surface area contributed by atoms with E-state index in [2.05, 4.69) is 24.6 Å². The maximum atomic E-state index is 12.1. The van der Waals surface area contributed by atoms with Crippen molar-refractivity contribution in [3.8, 4) is 0 Å². The molecule has 1 aliphatic rings. The lowest BCUT2D eigenvalue weighted by Gasteiger charge is -2.31. The Balaban J connectivity index is 1.51. The predicted molar refractivity (Wildman–Crippen MR) is 87.6 cm³/mol. The van der Waals surface area contributed by atoms with Crippen molar-refractivity contribution in [1.29, 1.82) is 0 Å². The third kappa shape index (κ3) is 4.02. The Morgan fingerprint density at radius 3 is 2.96 bits per heavy atom. The number of nitrogens with one attached hydrogen (secondary N) is 1. The molecule has 2 aromatic heterocycles. The number of rotatable bonds is 5. The topological polar surface area (TPSA) is 80.2 Å². The first-order chi connectivity index (χ1) is 11.3. The second-order valence-electron chi connectivity index (χ2n) is 5.38. The van der Waals surface area contributed by atoms with Crippen LogP contribution in [0.15, 0.2) is 24.4 Å². The molecule has 1 amide bonds. The number of nitrogens with zero attached hydrogens (tertiary/aromatic N) is 4. The SMILES string of the molecule is COCc1nsc(N2CCC(NC(=O)c3ccccn3)CC2)n1. The van der Waals surface area contributed by atoms with Gasteiger partial charge in [0.15, 0.2) is 5.82 Å². The Kier molecular flexibility index (Phi) is 5.14. The van der Waals surface area contributed by atoms with Crippen LogP contribution in [0.3, 0.4) is 0 Å². The molecule has 0 bridgehead atoms. The van der Waals surface area contributed by atoms with Crippen LogP contribution >= 0.6 is 11.5 Å². The monoisotopic (exact) mass is 333 g/mol. The second-order valence-corrected chi connectivity index (χ2v) is 6.11. The molecule has 0 spiro atoms. The van der Waals surface area contributed by atoms with E-state index >= 15 is 0 Å². The van der Waals surface area contributed by atoms with Crippen molar-refractivity contribution in [1.82, 2.24) is 19.7 Å². The van der Waals surface area contributed by atoms with Gasteiger partial charge < -0.3 is 15.0 Å². The van der Waals surface area contributed by atoms with Gasteiger partial charge in [0, 0.05) is 44.0 Å². The lowest BCUT2D eigenvalue weighted by Crippen LogP contribution is -2.44. The normalized spacial score (nSPS) is 15.6. The summed E-state index contributed by atoms with van der Waals surface area (Å²) >= 11 is 1.40. The van der Waals surface area contributed by atoms with E-state index in [0.29, 0.717) is 12.3 Å². The van der Waals surface area contributed by atoms with Crippen LogP contribution in [-0.4, -0.2) is 46.5 Å². The van der Waals surface area contributed by atoms with Crippen LogP contribution < -0.4 is 10.2 Å². The second kappa shape index (κ2) is 7.47. The van der Waals surface area contributed by atoms with E-state index < -0.39 is 0 Å². The third-order valence-electron chi connectivity index (χ3n) is 3.73. The quantitative estimate of drug-likeness (QED) is 0.893. The Labute approximate surface area is 138 Å². The van der Waals surface area contributed by atoms with E-state index in [1.54, 1.807) is 25.4 Å². The number of hydrogen-bond acceptors (Lipinski definition) is 7. The average molecular weight is 333 g/mol. The van der Waals surface area contributed by atoms with Crippen molar-refractivity contribution in [3.63, 3.8) is 0 Å². The van der Waals surface area contributed by atoms with Crippen molar-refractivity contribution in [3.05, 3.63) is 35.9 Å². The van der Waals surface area contributed by atoms with E-state index in [-0.39, 0.29) is 11.9 Å². The van der Waals surface area contributed by atoms with Crippen LogP contribution in [0.4, 0.5) is 5.13 Å². The summed E-state index contributed by atoms with van der Waals surface area (Å²) in [7, 11) is 1.64. The molecule has 0 radical (unpaired) electrons. The highest BCUT2D eigenvalue weighted by Crippen LogP contribution is 2.22. The number of carbonyl (C=O) groups excluding carboxylic acids is 1. The van der Waals surface area contributed by atoms with Crippen LogP contribution in [0, 0.1) is 0 Å². The minimum Gasteiger partial charge on any atom is -0.377 e. The number of anilines is 1. The van der Waals surface area contributed by atoms with Crippen LogP contribution in [-0.2, 0) is 11.3 Å². The summed E-state index contributed by atoms with van der Waals surface area (Å²) in [4.78, 5) is 22.9. The molecule has 1 aliphatic heterocycles. The molecule has 1 saturated heterocycles. The molecule has 2 aromatic rings. The highest BCUT2D eigenvalue weighted by atomic mass is 32.1. The zero-order valence-corrected chi connectivity index (χ0v) is 13.8. The van der Waals surface area contributed by atoms with E-state index in [0.717, 1.165) is 36.9 Å². The van der Waals surface area contributed by atoms with Crippen LogP contribution in [0.25, 0.3) is 0 Å². The van der Waals surface area contributed by atoms with E-state index in [1.807, 2.05) is 6.07 Å². The van der Waals surface area contributed by atoms with Crippen molar-refractivity contribution >= 4 is 22.6 Å². The molecule has 8 heteroatoms. The predicted octanol–water partition coefficient (Wildman–Crippen LogP) is 1.48. The number of piperidine rings is 1. The largest absolute Gasteiger partial charge is 0.377 e. The Morgan fingerprint density at radius 1 is 1.43 bits per heavy atom. The number of carbonyl (C=O) groups is 1. The molecule has 3 rings (SSSR count). The number of methoxy groups -OCH3 is 1. The van der Waals surface area contributed by atoms with Gasteiger partial charge in [-0.25, -0.2) is 4.98 Å². The van der Waals surface area contributed by atoms with Gasteiger partial charge >= 0.3 is 0 Å². The summed E-state index contributed by atoms with van der Waals surface area (Å²) in [6.45, 7) is 2.15. The Bertz CT molecular complexity index is 640. The molecule has 23 heavy (non-hydrogen) atoms. The van der Waals surface area contributed by atoms with Crippen molar-refractivity contribution < 1.29 is 9.53 Å².